The number of nitrogens with zero attached hydrogens (tertiary/aromatic N) is 2. The van der Waals surface area contributed by atoms with Crippen molar-refractivity contribution in [2.45, 2.75) is 51.0 Å². The number of sulfonamides is 1. The Bertz CT molecular complexity index is 736. The lowest BCUT2D eigenvalue weighted by atomic mass is 9.95. The zero-order chi connectivity index (χ0) is 18.8. The summed E-state index contributed by atoms with van der Waals surface area (Å²) < 4.78 is 27.3. The fourth-order valence-electron chi connectivity index (χ4n) is 3.24. The number of carbonyl (C=O) groups excluding carboxylic acids is 1. The number of hydrogen-bond acceptors (Lipinski definition) is 4. The van der Waals surface area contributed by atoms with Crippen molar-refractivity contribution in [3.63, 3.8) is 0 Å². The third kappa shape index (κ3) is 4.22. The van der Waals surface area contributed by atoms with Crippen LogP contribution in [0.3, 0.4) is 0 Å². The fourth-order valence-corrected chi connectivity index (χ4v) is 4.98. The Morgan fingerprint density at radius 3 is 2.36 bits per heavy atom. The number of benzene rings is 1. The number of carbonyl (C=O) groups is 1. The third-order valence-corrected chi connectivity index (χ3v) is 6.79. The van der Waals surface area contributed by atoms with Crippen molar-refractivity contribution >= 4 is 15.9 Å². The maximum Gasteiger partial charge on any atom is 0.243 e. The molecular weight excluding hydrogens is 338 g/mol. The van der Waals surface area contributed by atoms with Gasteiger partial charge in [-0.25, -0.2) is 8.42 Å². The van der Waals surface area contributed by atoms with Gasteiger partial charge in [0.15, 0.2) is 0 Å². The molecule has 7 heteroatoms. The summed E-state index contributed by atoms with van der Waals surface area (Å²) in [6, 6.07) is 5.44. The molecule has 1 heterocycles. The molecule has 1 aliphatic rings. The Morgan fingerprint density at radius 1 is 1.20 bits per heavy atom. The van der Waals surface area contributed by atoms with Gasteiger partial charge in [-0.15, -0.1) is 0 Å². The maximum atomic E-state index is 12.9. The number of amides is 1. The Hall–Kier alpha value is -1.44. The SMILES string of the molecule is CCCC(C)(N)C(=O)N1CCN(S(=O)(=O)c2cc(C)ccc2C)CC1. The van der Waals surface area contributed by atoms with Gasteiger partial charge in [-0.2, -0.15) is 4.31 Å². The fraction of sp³-hybridized carbons (Fsp3) is 0.611. The summed E-state index contributed by atoms with van der Waals surface area (Å²) in [6.07, 6.45) is 1.45. The lowest BCUT2D eigenvalue weighted by Crippen LogP contribution is -2.58. The molecule has 6 nitrogen and oxygen atoms in total. The van der Waals surface area contributed by atoms with Crippen molar-refractivity contribution in [2.75, 3.05) is 26.2 Å². The predicted octanol–water partition coefficient (Wildman–Crippen LogP) is 1.65. The molecule has 1 aliphatic heterocycles. The number of nitrogens with two attached hydrogens (primary N) is 1. The Labute approximate surface area is 151 Å². The molecule has 0 aromatic heterocycles. The largest absolute Gasteiger partial charge is 0.338 e. The molecule has 1 aromatic carbocycles. The van der Waals surface area contributed by atoms with E-state index in [-0.39, 0.29) is 5.91 Å². The van der Waals surface area contributed by atoms with Gasteiger partial charge in [0.05, 0.1) is 10.4 Å². The second-order valence-electron chi connectivity index (χ2n) is 7.13. The van der Waals surface area contributed by atoms with E-state index in [1.54, 1.807) is 24.8 Å². The first kappa shape index (κ1) is 19.9. The highest BCUT2D eigenvalue weighted by Gasteiger charge is 2.36. The molecule has 0 radical (unpaired) electrons. The summed E-state index contributed by atoms with van der Waals surface area (Å²) in [7, 11) is -3.55. The quantitative estimate of drug-likeness (QED) is 0.858. The molecule has 1 unspecified atom stereocenters. The van der Waals surface area contributed by atoms with Crippen molar-refractivity contribution < 1.29 is 13.2 Å². The van der Waals surface area contributed by atoms with E-state index in [9.17, 15) is 13.2 Å². The average Bonchev–Trinajstić information content (AvgIpc) is 2.56. The van der Waals surface area contributed by atoms with Gasteiger partial charge in [0.1, 0.15) is 0 Å². The van der Waals surface area contributed by atoms with E-state index < -0.39 is 15.6 Å². The minimum atomic E-state index is -3.55. The van der Waals surface area contributed by atoms with Crippen LogP contribution in [0.15, 0.2) is 23.1 Å². The van der Waals surface area contributed by atoms with Gasteiger partial charge >= 0.3 is 0 Å². The standard InChI is InChI=1S/C18H29N3O3S/c1-5-8-18(4,19)17(22)20-9-11-21(12-10-20)25(23,24)16-13-14(2)6-7-15(16)3/h6-7,13H,5,8-12,19H2,1-4H3. The molecule has 0 saturated carbocycles. The van der Waals surface area contributed by atoms with Gasteiger partial charge in [0.25, 0.3) is 0 Å². The van der Waals surface area contributed by atoms with Gasteiger partial charge in [0, 0.05) is 26.2 Å². The average molecular weight is 368 g/mol. The summed E-state index contributed by atoms with van der Waals surface area (Å²) in [5, 5.41) is 0. The number of aryl methyl sites for hydroxylation is 2. The molecule has 25 heavy (non-hydrogen) atoms. The first-order valence-corrected chi connectivity index (χ1v) is 10.2. The van der Waals surface area contributed by atoms with Crippen LogP contribution >= 0.6 is 0 Å². The molecule has 1 aromatic rings. The topological polar surface area (TPSA) is 83.7 Å². The van der Waals surface area contributed by atoms with Gasteiger partial charge < -0.3 is 10.6 Å². The molecule has 140 valence electrons. The molecule has 0 bridgehead atoms. The smallest absolute Gasteiger partial charge is 0.243 e. The van der Waals surface area contributed by atoms with Crippen molar-refractivity contribution in [3.8, 4) is 0 Å². The van der Waals surface area contributed by atoms with Crippen LogP contribution in [0, 0.1) is 13.8 Å². The molecule has 0 aliphatic carbocycles. The van der Waals surface area contributed by atoms with Crippen LogP contribution in [0.5, 0.6) is 0 Å². The maximum absolute atomic E-state index is 12.9. The van der Waals surface area contributed by atoms with E-state index in [1.807, 2.05) is 26.0 Å². The summed E-state index contributed by atoms with van der Waals surface area (Å²) in [5.41, 5.74) is 6.89. The highest BCUT2D eigenvalue weighted by atomic mass is 32.2. The Balaban J connectivity index is 2.11. The third-order valence-electron chi connectivity index (χ3n) is 4.75. The molecule has 1 fully saturated rings. The van der Waals surface area contributed by atoms with Gasteiger partial charge in [-0.3, -0.25) is 4.79 Å². The minimum absolute atomic E-state index is 0.0989. The lowest BCUT2D eigenvalue weighted by molar-refractivity contribution is -0.137. The first-order valence-electron chi connectivity index (χ1n) is 8.75. The zero-order valence-electron chi connectivity index (χ0n) is 15.6. The predicted molar refractivity (Wildman–Crippen MR) is 98.8 cm³/mol. The van der Waals surface area contributed by atoms with E-state index in [1.165, 1.54) is 4.31 Å². The van der Waals surface area contributed by atoms with Crippen LogP contribution in [-0.2, 0) is 14.8 Å². The van der Waals surface area contributed by atoms with E-state index in [0.717, 1.165) is 17.5 Å². The number of piperazine rings is 1. The summed E-state index contributed by atoms with van der Waals surface area (Å²) >= 11 is 0. The van der Waals surface area contributed by atoms with Crippen molar-refractivity contribution in [3.05, 3.63) is 29.3 Å². The normalized spacial score (nSPS) is 18.8. The summed E-state index contributed by atoms with van der Waals surface area (Å²) in [6.45, 7) is 8.76. The molecule has 1 amide bonds. The Morgan fingerprint density at radius 2 is 1.80 bits per heavy atom. The van der Waals surface area contributed by atoms with E-state index >= 15 is 0 Å². The van der Waals surface area contributed by atoms with Crippen molar-refractivity contribution in [1.82, 2.24) is 9.21 Å². The van der Waals surface area contributed by atoms with Gasteiger partial charge in [0.2, 0.25) is 15.9 Å². The zero-order valence-corrected chi connectivity index (χ0v) is 16.4. The van der Waals surface area contributed by atoms with Crippen LogP contribution in [0.2, 0.25) is 0 Å². The van der Waals surface area contributed by atoms with Gasteiger partial charge in [-0.1, -0.05) is 25.5 Å². The molecular formula is C18H29N3O3S. The number of rotatable bonds is 5. The van der Waals surface area contributed by atoms with Crippen LogP contribution < -0.4 is 5.73 Å². The number of hydrogen-bond donors (Lipinski definition) is 1. The van der Waals surface area contributed by atoms with Crippen LogP contribution in [0.1, 0.15) is 37.8 Å². The molecule has 2 N–H and O–H groups in total. The van der Waals surface area contributed by atoms with E-state index in [2.05, 4.69) is 0 Å². The molecule has 1 atom stereocenters. The highest BCUT2D eigenvalue weighted by molar-refractivity contribution is 7.89. The summed E-state index contributed by atoms with van der Waals surface area (Å²) in [5.74, 6) is -0.0989. The van der Waals surface area contributed by atoms with Gasteiger partial charge in [-0.05, 0) is 44.4 Å². The molecule has 1 saturated heterocycles. The molecule has 0 spiro atoms. The minimum Gasteiger partial charge on any atom is -0.338 e. The highest BCUT2D eigenvalue weighted by Crippen LogP contribution is 2.23. The Kier molecular flexibility index (Phi) is 5.91. The monoisotopic (exact) mass is 367 g/mol. The van der Waals surface area contributed by atoms with E-state index in [4.69, 9.17) is 5.73 Å². The summed E-state index contributed by atoms with van der Waals surface area (Å²) in [4.78, 5) is 14.6. The molecule has 2 rings (SSSR count). The van der Waals surface area contributed by atoms with Crippen LogP contribution in [-0.4, -0.2) is 55.2 Å². The van der Waals surface area contributed by atoms with Crippen molar-refractivity contribution in [2.24, 2.45) is 5.73 Å². The second kappa shape index (κ2) is 7.43. The first-order chi connectivity index (χ1) is 11.6. The van der Waals surface area contributed by atoms with E-state index in [0.29, 0.717) is 37.5 Å². The van der Waals surface area contributed by atoms with Crippen LogP contribution in [0.25, 0.3) is 0 Å². The van der Waals surface area contributed by atoms with Crippen LogP contribution in [0.4, 0.5) is 0 Å². The van der Waals surface area contributed by atoms with Crippen molar-refractivity contribution in [1.29, 1.82) is 0 Å². The lowest BCUT2D eigenvalue weighted by Gasteiger charge is -2.38. The second-order valence-corrected chi connectivity index (χ2v) is 9.04.